The van der Waals surface area contributed by atoms with Crippen LogP contribution in [0.2, 0.25) is 0 Å². The zero-order chi connectivity index (χ0) is 5.11. The Morgan fingerprint density at radius 1 is 2.00 bits per heavy atom. The summed E-state index contributed by atoms with van der Waals surface area (Å²) in [5.74, 6) is 0. The summed E-state index contributed by atoms with van der Waals surface area (Å²) in [6.07, 6.45) is 1.76. The van der Waals surface area contributed by atoms with E-state index < -0.39 is 0 Å². The molecule has 0 amide bonds. The van der Waals surface area contributed by atoms with Gasteiger partial charge < -0.3 is 5.73 Å². The standard InChI is InChI=1S/C4H6N2S.H2/c5-3-4-6-1-2-7-4;/h1-2H,3,5H2;1H. The molecule has 0 atom stereocenters. The Labute approximate surface area is 47.5 Å². The molecule has 0 saturated heterocycles. The number of thiazole rings is 1. The molecule has 0 aliphatic carbocycles. The fraction of sp³-hybridized carbons (Fsp3) is 0.250. The molecule has 1 aromatic heterocycles. The maximum Gasteiger partial charge on any atom is 0.106 e. The smallest absolute Gasteiger partial charge is 0.106 e. The summed E-state index contributed by atoms with van der Waals surface area (Å²) in [5.41, 5.74) is 5.24. The third-order valence-electron chi connectivity index (χ3n) is 0.658. The van der Waals surface area contributed by atoms with Gasteiger partial charge in [0.1, 0.15) is 5.01 Å². The van der Waals surface area contributed by atoms with Crippen LogP contribution in [0.3, 0.4) is 0 Å². The van der Waals surface area contributed by atoms with Crippen molar-refractivity contribution < 1.29 is 1.43 Å². The highest BCUT2D eigenvalue weighted by Crippen LogP contribution is 2.00. The minimum atomic E-state index is 0. The van der Waals surface area contributed by atoms with Crippen LogP contribution in [0.1, 0.15) is 6.43 Å². The average molecular weight is 116 g/mol. The van der Waals surface area contributed by atoms with E-state index in [9.17, 15) is 0 Å². The summed E-state index contributed by atoms with van der Waals surface area (Å²) in [5, 5.41) is 2.92. The minimum absolute atomic E-state index is 0. The van der Waals surface area contributed by atoms with Gasteiger partial charge in [-0.3, -0.25) is 0 Å². The topological polar surface area (TPSA) is 38.9 Å². The van der Waals surface area contributed by atoms with E-state index in [1.807, 2.05) is 5.38 Å². The molecule has 2 N–H and O–H groups in total. The first-order chi connectivity index (χ1) is 3.43. The highest BCUT2D eigenvalue weighted by atomic mass is 32.1. The van der Waals surface area contributed by atoms with Crippen LogP contribution in [-0.2, 0) is 6.54 Å². The van der Waals surface area contributed by atoms with Crippen molar-refractivity contribution in [3.63, 3.8) is 0 Å². The summed E-state index contributed by atoms with van der Waals surface area (Å²) >= 11 is 1.59. The molecule has 0 spiro atoms. The average Bonchev–Trinajstić information content (AvgIpc) is 2.14. The molecule has 0 aliphatic heterocycles. The van der Waals surface area contributed by atoms with E-state index in [0.29, 0.717) is 6.54 Å². The van der Waals surface area contributed by atoms with E-state index in [-0.39, 0.29) is 1.43 Å². The second kappa shape index (κ2) is 2.04. The SMILES string of the molecule is NCc1nccs1.[HH]. The van der Waals surface area contributed by atoms with Crippen LogP contribution in [0.5, 0.6) is 0 Å². The first-order valence-corrected chi connectivity index (χ1v) is 2.90. The van der Waals surface area contributed by atoms with E-state index in [1.165, 1.54) is 0 Å². The normalized spacial score (nSPS) is 9.29. The van der Waals surface area contributed by atoms with Gasteiger partial charge in [-0.05, 0) is 0 Å². The fourth-order valence-corrected chi connectivity index (χ4v) is 0.851. The second-order valence-corrected chi connectivity index (χ2v) is 2.11. The molecule has 0 bridgehead atoms. The van der Waals surface area contributed by atoms with E-state index in [4.69, 9.17) is 5.73 Å². The quantitative estimate of drug-likeness (QED) is 0.590. The van der Waals surface area contributed by atoms with Gasteiger partial charge >= 0.3 is 0 Å². The monoisotopic (exact) mass is 116 g/mol. The van der Waals surface area contributed by atoms with Gasteiger partial charge in [-0.25, -0.2) is 4.98 Å². The zero-order valence-electron chi connectivity index (χ0n) is 3.79. The van der Waals surface area contributed by atoms with Crippen molar-refractivity contribution in [3.05, 3.63) is 16.6 Å². The number of hydrogen-bond donors (Lipinski definition) is 1. The van der Waals surface area contributed by atoms with Crippen LogP contribution < -0.4 is 5.73 Å². The van der Waals surface area contributed by atoms with Crippen LogP contribution in [0.25, 0.3) is 0 Å². The number of nitrogens with two attached hydrogens (primary N) is 1. The number of hydrogen-bond acceptors (Lipinski definition) is 3. The molecular formula is C4H8N2S. The molecule has 2 nitrogen and oxygen atoms in total. The number of aromatic nitrogens is 1. The predicted molar refractivity (Wildman–Crippen MR) is 32.1 cm³/mol. The molecule has 40 valence electrons. The van der Waals surface area contributed by atoms with Crippen molar-refractivity contribution in [1.29, 1.82) is 0 Å². The lowest BCUT2D eigenvalue weighted by atomic mass is 10.7. The molecular weight excluding hydrogens is 108 g/mol. The minimum Gasteiger partial charge on any atom is -0.325 e. The molecule has 0 saturated carbocycles. The van der Waals surface area contributed by atoms with Crippen molar-refractivity contribution in [2.24, 2.45) is 5.73 Å². The highest BCUT2D eigenvalue weighted by Gasteiger charge is 1.84. The number of nitrogens with zero attached hydrogens (tertiary/aromatic N) is 1. The van der Waals surface area contributed by atoms with Gasteiger partial charge in [0.25, 0.3) is 0 Å². The lowest BCUT2D eigenvalue weighted by molar-refractivity contribution is 1.04. The van der Waals surface area contributed by atoms with Gasteiger partial charge in [-0.15, -0.1) is 11.3 Å². The summed E-state index contributed by atoms with van der Waals surface area (Å²) in [4.78, 5) is 3.93. The number of rotatable bonds is 1. The van der Waals surface area contributed by atoms with Crippen LogP contribution in [0.15, 0.2) is 11.6 Å². The molecule has 0 fully saturated rings. The van der Waals surface area contributed by atoms with Crippen molar-refractivity contribution >= 4 is 11.3 Å². The van der Waals surface area contributed by atoms with Crippen LogP contribution in [0, 0.1) is 0 Å². The zero-order valence-corrected chi connectivity index (χ0v) is 4.61. The summed E-state index contributed by atoms with van der Waals surface area (Å²) in [6.45, 7) is 0.567. The van der Waals surface area contributed by atoms with Gasteiger partial charge in [0.15, 0.2) is 0 Å². The maximum atomic E-state index is 5.24. The predicted octanol–water partition coefficient (Wildman–Crippen LogP) is 0.848. The van der Waals surface area contributed by atoms with Gasteiger partial charge in [0.2, 0.25) is 0 Å². The van der Waals surface area contributed by atoms with Crippen molar-refractivity contribution in [2.45, 2.75) is 6.54 Å². The van der Waals surface area contributed by atoms with Gasteiger partial charge in [-0.1, -0.05) is 0 Å². The molecule has 1 heterocycles. The Bertz CT molecular complexity index is 129. The van der Waals surface area contributed by atoms with Gasteiger partial charge in [0, 0.05) is 19.5 Å². The molecule has 1 rings (SSSR count). The fourth-order valence-electron chi connectivity index (χ4n) is 0.354. The first-order valence-electron chi connectivity index (χ1n) is 2.02. The molecule has 3 heteroatoms. The van der Waals surface area contributed by atoms with E-state index >= 15 is 0 Å². The van der Waals surface area contributed by atoms with Crippen LogP contribution in [-0.4, -0.2) is 4.98 Å². The van der Waals surface area contributed by atoms with Crippen molar-refractivity contribution in [1.82, 2.24) is 4.98 Å². The Hall–Kier alpha value is -0.410. The van der Waals surface area contributed by atoms with Crippen molar-refractivity contribution in [3.8, 4) is 0 Å². The van der Waals surface area contributed by atoms with E-state index in [2.05, 4.69) is 4.98 Å². The maximum absolute atomic E-state index is 5.24. The van der Waals surface area contributed by atoms with E-state index in [0.717, 1.165) is 5.01 Å². The summed E-state index contributed by atoms with van der Waals surface area (Å²) < 4.78 is 0. The molecule has 1 aromatic rings. The van der Waals surface area contributed by atoms with Crippen LogP contribution >= 0.6 is 11.3 Å². The Morgan fingerprint density at radius 2 is 2.86 bits per heavy atom. The molecule has 7 heavy (non-hydrogen) atoms. The molecule has 0 aromatic carbocycles. The lowest BCUT2D eigenvalue weighted by Crippen LogP contribution is -1.93. The molecule has 0 aliphatic rings. The molecule has 0 radical (unpaired) electrons. The highest BCUT2D eigenvalue weighted by molar-refractivity contribution is 7.09. The van der Waals surface area contributed by atoms with E-state index in [1.54, 1.807) is 17.5 Å². The first kappa shape index (κ1) is 4.74. The summed E-state index contributed by atoms with van der Waals surface area (Å²) in [6, 6.07) is 0. The Balaban J connectivity index is 0.000000490. The van der Waals surface area contributed by atoms with Gasteiger partial charge in [-0.2, -0.15) is 0 Å². The second-order valence-electron chi connectivity index (χ2n) is 1.13. The van der Waals surface area contributed by atoms with Crippen LogP contribution in [0.4, 0.5) is 0 Å². The Morgan fingerprint density at radius 3 is 3.14 bits per heavy atom. The third kappa shape index (κ3) is 0.976. The van der Waals surface area contributed by atoms with Crippen molar-refractivity contribution in [2.75, 3.05) is 0 Å². The third-order valence-corrected chi connectivity index (χ3v) is 1.46. The summed E-state index contributed by atoms with van der Waals surface area (Å²) in [7, 11) is 0. The Kier molecular flexibility index (Phi) is 1.38. The van der Waals surface area contributed by atoms with Gasteiger partial charge in [0.05, 0.1) is 0 Å². The molecule has 0 unspecified atom stereocenters. The largest absolute Gasteiger partial charge is 0.325 e. The lowest BCUT2D eigenvalue weighted by Gasteiger charge is -1.78.